The molecule has 1 aromatic carbocycles. The lowest BCUT2D eigenvalue weighted by Gasteiger charge is -2.39. The second-order valence-electron chi connectivity index (χ2n) is 7.02. The molecule has 124 valence electrons. The second-order valence-corrected chi connectivity index (χ2v) is 7.02. The summed E-state index contributed by atoms with van der Waals surface area (Å²) < 4.78 is 5.48. The van der Waals surface area contributed by atoms with Crippen molar-refractivity contribution in [3.63, 3.8) is 0 Å². The van der Waals surface area contributed by atoms with E-state index in [2.05, 4.69) is 46.4 Å². The summed E-state index contributed by atoms with van der Waals surface area (Å²) in [6.07, 6.45) is 5.14. The van der Waals surface area contributed by atoms with Crippen molar-refractivity contribution < 1.29 is 4.74 Å². The molecule has 0 radical (unpaired) electrons. The van der Waals surface area contributed by atoms with Gasteiger partial charge >= 0.3 is 0 Å². The molecule has 0 spiro atoms. The number of aromatic nitrogens is 1. The molecule has 2 N–H and O–H groups in total. The molecule has 2 aliphatic rings. The summed E-state index contributed by atoms with van der Waals surface area (Å²) in [6.45, 7) is 6.17. The number of benzene rings is 1. The smallest absolute Gasteiger partial charge is 0.0594 e. The van der Waals surface area contributed by atoms with Gasteiger partial charge in [-0.1, -0.05) is 6.07 Å². The number of ether oxygens (including phenoxy) is 1. The van der Waals surface area contributed by atoms with E-state index in [9.17, 15) is 0 Å². The van der Waals surface area contributed by atoms with Gasteiger partial charge in [0.25, 0.3) is 0 Å². The molecule has 1 aliphatic heterocycles. The normalized spacial score (nSPS) is 26.5. The van der Waals surface area contributed by atoms with Gasteiger partial charge in [0.2, 0.25) is 0 Å². The minimum atomic E-state index is 0.605. The molecule has 23 heavy (non-hydrogen) atoms. The van der Waals surface area contributed by atoms with Gasteiger partial charge in [-0.25, -0.2) is 0 Å². The van der Waals surface area contributed by atoms with Crippen LogP contribution in [-0.2, 0) is 4.74 Å². The fourth-order valence-corrected chi connectivity index (χ4v) is 4.17. The number of hydrogen-bond acceptors (Lipinski definition) is 3. The van der Waals surface area contributed by atoms with Crippen LogP contribution in [0.4, 0.5) is 5.69 Å². The van der Waals surface area contributed by atoms with Gasteiger partial charge in [0, 0.05) is 47.5 Å². The highest BCUT2D eigenvalue weighted by Crippen LogP contribution is 2.29. The third kappa shape index (κ3) is 3.24. The minimum absolute atomic E-state index is 0.605. The molecule has 2 aromatic rings. The quantitative estimate of drug-likeness (QED) is 0.910. The van der Waals surface area contributed by atoms with E-state index in [1.165, 1.54) is 48.0 Å². The fraction of sp³-hybridized carbons (Fsp3) is 0.579. The Morgan fingerprint density at radius 3 is 2.70 bits per heavy atom. The van der Waals surface area contributed by atoms with Crippen LogP contribution in [0.15, 0.2) is 24.3 Å². The standard InChI is InChI=1S/C19H27N3O/c1-14-13-17-18(20-14)3-2-4-19(17)21-15-5-7-16(8-6-15)22-9-11-23-12-10-22/h2-4,13,15-16,20-21H,5-12H2,1H3. The van der Waals surface area contributed by atoms with Crippen molar-refractivity contribution in [2.45, 2.75) is 44.7 Å². The predicted octanol–water partition coefficient (Wildman–Crippen LogP) is 3.53. The summed E-state index contributed by atoms with van der Waals surface area (Å²) >= 11 is 0. The highest BCUT2D eigenvalue weighted by molar-refractivity contribution is 5.92. The minimum Gasteiger partial charge on any atom is -0.382 e. The lowest BCUT2D eigenvalue weighted by molar-refractivity contribution is 0.00791. The van der Waals surface area contributed by atoms with Gasteiger partial charge in [0.1, 0.15) is 0 Å². The van der Waals surface area contributed by atoms with Crippen molar-refractivity contribution in [3.8, 4) is 0 Å². The Hall–Kier alpha value is -1.52. The Kier molecular flexibility index (Phi) is 4.27. The number of nitrogens with zero attached hydrogens (tertiary/aromatic N) is 1. The van der Waals surface area contributed by atoms with Crippen LogP contribution in [0.1, 0.15) is 31.4 Å². The molecule has 0 bridgehead atoms. The maximum Gasteiger partial charge on any atom is 0.0594 e. The molecular weight excluding hydrogens is 286 g/mol. The summed E-state index contributed by atoms with van der Waals surface area (Å²) in [5, 5.41) is 5.12. The third-order valence-corrected chi connectivity index (χ3v) is 5.42. The van der Waals surface area contributed by atoms with E-state index in [4.69, 9.17) is 4.74 Å². The van der Waals surface area contributed by atoms with Gasteiger partial charge < -0.3 is 15.0 Å². The fourth-order valence-electron chi connectivity index (χ4n) is 4.17. The molecule has 1 saturated carbocycles. The van der Waals surface area contributed by atoms with Crippen LogP contribution in [0.3, 0.4) is 0 Å². The van der Waals surface area contributed by atoms with Crippen LogP contribution in [0.25, 0.3) is 10.9 Å². The number of nitrogens with one attached hydrogen (secondary N) is 2. The number of hydrogen-bond donors (Lipinski definition) is 2. The largest absolute Gasteiger partial charge is 0.382 e. The van der Waals surface area contributed by atoms with Gasteiger partial charge in [0.05, 0.1) is 13.2 Å². The van der Waals surface area contributed by atoms with Gasteiger partial charge in [-0.05, 0) is 50.8 Å². The molecule has 4 nitrogen and oxygen atoms in total. The molecule has 1 aromatic heterocycles. The van der Waals surface area contributed by atoms with E-state index >= 15 is 0 Å². The topological polar surface area (TPSA) is 40.3 Å². The van der Waals surface area contributed by atoms with E-state index in [1.54, 1.807) is 0 Å². The zero-order valence-electron chi connectivity index (χ0n) is 14.0. The van der Waals surface area contributed by atoms with Crippen LogP contribution in [0, 0.1) is 6.92 Å². The van der Waals surface area contributed by atoms with E-state index in [0.717, 1.165) is 32.3 Å². The monoisotopic (exact) mass is 313 g/mol. The van der Waals surface area contributed by atoms with Crippen LogP contribution in [0.2, 0.25) is 0 Å². The zero-order chi connectivity index (χ0) is 15.6. The van der Waals surface area contributed by atoms with Crippen molar-refractivity contribution in [1.29, 1.82) is 0 Å². The number of morpholine rings is 1. The molecule has 1 saturated heterocycles. The first kappa shape index (κ1) is 15.0. The summed E-state index contributed by atoms with van der Waals surface area (Å²) in [6, 6.07) is 10.1. The molecule has 4 rings (SSSR count). The summed E-state index contributed by atoms with van der Waals surface area (Å²) in [5.41, 5.74) is 3.74. The Labute approximate surface area is 138 Å². The lowest BCUT2D eigenvalue weighted by Crippen LogP contribution is -2.46. The first-order valence-corrected chi connectivity index (χ1v) is 8.96. The number of anilines is 1. The predicted molar refractivity (Wildman–Crippen MR) is 95.1 cm³/mol. The Morgan fingerprint density at radius 1 is 1.13 bits per heavy atom. The molecule has 1 aliphatic carbocycles. The van der Waals surface area contributed by atoms with Crippen LogP contribution >= 0.6 is 0 Å². The number of rotatable bonds is 3. The Bertz CT molecular complexity index is 652. The molecule has 0 amide bonds. The third-order valence-electron chi connectivity index (χ3n) is 5.42. The molecule has 2 fully saturated rings. The van der Waals surface area contributed by atoms with Crippen molar-refractivity contribution in [1.82, 2.24) is 9.88 Å². The molecule has 0 atom stereocenters. The average molecular weight is 313 g/mol. The highest BCUT2D eigenvalue weighted by atomic mass is 16.5. The molecule has 0 unspecified atom stereocenters. The van der Waals surface area contributed by atoms with Crippen molar-refractivity contribution in [2.75, 3.05) is 31.6 Å². The number of aromatic amines is 1. The number of fused-ring (bicyclic) bond motifs is 1. The van der Waals surface area contributed by atoms with Gasteiger partial charge in [0.15, 0.2) is 0 Å². The van der Waals surface area contributed by atoms with E-state index in [0.29, 0.717) is 6.04 Å². The number of aryl methyl sites for hydroxylation is 1. The highest BCUT2D eigenvalue weighted by Gasteiger charge is 2.27. The number of H-pyrrole nitrogens is 1. The first-order valence-electron chi connectivity index (χ1n) is 8.96. The van der Waals surface area contributed by atoms with Crippen molar-refractivity contribution >= 4 is 16.6 Å². The van der Waals surface area contributed by atoms with Gasteiger partial charge in [-0.3, -0.25) is 4.90 Å². The summed E-state index contributed by atoms with van der Waals surface area (Å²) in [7, 11) is 0. The van der Waals surface area contributed by atoms with E-state index in [-0.39, 0.29) is 0 Å². The van der Waals surface area contributed by atoms with Crippen molar-refractivity contribution in [2.24, 2.45) is 0 Å². The summed E-state index contributed by atoms with van der Waals surface area (Å²) in [5.74, 6) is 0. The van der Waals surface area contributed by atoms with Crippen LogP contribution in [-0.4, -0.2) is 48.3 Å². The van der Waals surface area contributed by atoms with Crippen LogP contribution < -0.4 is 5.32 Å². The van der Waals surface area contributed by atoms with E-state index < -0.39 is 0 Å². The maximum atomic E-state index is 5.48. The van der Waals surface area contributed by atoms with Crippen molar-refractivity contribution in [3.05, 3.63) is 30.0 Å². The zero-order valence-corrected chi connectivity index (χ0v) is 14.0. The SMILES string of the molecule is Cc1cc2c(NC3CCC(N4CCOCC4)CC3)cccc2[nH]1. The van der Waals surface area contributed by atoms with Crippen LogP contribution in [0.5, 0.6) is 0 Å². The first-order chi connectivity index (χ1) is 11.3. The molecular formula is C19H27N3O. The molecule has 2 heterocycles. The summed E-state index contributed by atoms with van der Waals surface area (Å²) in [4.78, 5) is 6.06. The van der Waals surface area contributed by atoms with Gasteiger partial charge in [-0.15, -0.1) is 0 Å². The Balaban J connectivity index is 1.38. The lowest BCUT2D eigenvalue weighted by atomic mass is 9.89. The average Bonchev–Trinajstić information content (AvgIpc) is 2.98. The molecule has 4 heteroatoms. The maximum absolute atomic E-state index is 5.48. The van der Waals surface area contributed by atoms with E-state index in [1.807, 2.05) is 0 Å². The van der Waals surface area contributed by atoms with Gasteiger partial charge in [-0.2, -0.15) is 0 Å². The second kappa shape index (κ2) is 6.54. The Morgan fingerprint density at radius 2 is 1.91 bits per heavy atom.